The van der Waals surface area contributed by atoms with Crippen molar-refractivity contribution in [1.82, 2.24) is 10.6 Å². The number of unbranched alkanes of at least 4 members (excludes halogenated alkanes) is 1. The monoisotopic (exact) mass is 478 g/mol. The summed E-state index contributed by atoms with van der Waals surface area (Å²) < 4.78 is 5.69. The van der Waals surface area contributed by atoms with Gasteiger partial charge in [0.2, 0.25) is 5.91 Å². The van der Waals surface area contributed by atoms with Gasteiger partial charge in [-0.05, 0) is 41.5 Å². The zero-order chi connectivity index (χ0) is 24.8. The first kappa shape index (κ1) is 24.8. The van der Waals surface area contributed by atoms with Crippen LogP contribution in [0.3, 0.4) is 0 Å². The molecule has 2 aromatic rings. The Morgan fingerprint density at radius 1 is 1.03 bits per heavy atom. The Hall–Kier alpha value is -3.35. The molecule has 1 atom stereocenters. The zero-order valence-corrected chi connectivity index (χ0v) is 20.2. The van der Waals surface area contributed by atoms with Crippen molar-refractivity contribution in [2.24, 2.45) is 0 Å². The number of benzene rings is 2. The molecule has 2 amide bonds. The van der Waals surface area contributed by atoms with Gasteiger partial charge in [-0.3, -0.25) is 9.59 Å². The summed E-state index contributed by atoms with van der Waals surface area (Å²) in [7, 11) is 0. The van der Waals surface area contributed by atoms with Gasteiger partial charge in [-0.15, -0.1) is 0 Å². The Morgan fingerprint density at radius 2 is 1.63 bits per heavy atom. The number of hydrogen-bond donors (Lipinski definition) is 3. The standard InChI is InChI=1S/C28H34N2O5/c1-2-3-10-19(17-25(31)32)29-26(33)28(15-8-9-16-28)30-27(34)35-18-24-22-13-6-4-11-20(22)21-12-5-7-14-23(21)24/h4-7,11-14,19,24H,2-3,8-10,15-18H2,1H3,(H,29,33)(H,30,34)(H,31,32)/t19-/m1/s1. The molecule has 1 fully saturated rings. The van der Waals surface area contributed by atoms with Gasteiger partial charge < -0.3 is 20.5 Å². The first-order valence-electron chi connectivity index (χ1n) is 12.6. The van der Waals surface area contributed by atoms with E-state index >= 15 is 0 Å². The van der Waals surface area contributed by atoms with Crippen molar-refractivity contribution in [3.63, 3.8) is 0 Å². The lowest BCUT2D eigenvalue weighted by Gasteiger charge is -2.31. The predicted molar refractivity (Wildman–Crippen MR) is 133 cm³/mol. The van der Waals surface area contributed by atoms with Crippen LogP contribution >= 0.6 is 0 Å². The Bertz CT molecular complexity index is 1030. The number of carboxylic acid groups (broad SMARTS) is 1. The summed E-state index contributed by atoms with van der Waals surface area (Å²) in [5, 5.41) is 15.0. The molecule has 2 aliphatic carbocycles. The van der Waals surface area contributed by atoms with Crippen LogP contribution in [0, 0.1) is 0 Å². The highest BCUT2D eigenvalue weighted by Gasteiger charge is 2.44. The number of ether oxygens (including phenoxy) is 1. The van der Waals surface area contributed by atoms with Crippen LogP contribution in [-0.4, -0.2) is 41.3 Å². The fraction of sp³-hybridized carbons (Fsp3) is 0.464. The maximum Gasteiger partial charge on any atom is 0.408 e. The number of alkyl carbamates (subject to hydrolysis) is 1. The topological polar surface area (TPSA) is 105 Å². The molecule has 35 heavy (non-hydrogen) atoms. The minimum atomic E-state index is -1.06. The van der Waals surface area contributed by atoms with Crippen molar-refractivity contribution >= 4 is 18.0 Å². The molecule has 0 bridgehead atoms. The summed E-state index contributed by atoms with van der Waals surface area (Å²) in [5.41, 5.74) is 3.50. The van der Waals surface area contributed by atoms with Gasteiger partial charge in [-0.25, -0.2) is 4.79 Å². The van der Waals surface area contributed by atoms with E-state index in [1.807, 2.05) is 31.2 Å². The van der Waals surface area contributed by atoms with Crippen LogP contribution in [0.1, 0.15) is 75.3 Å². The largest absolute Gasteiger partial charge is 0.481 e. The van der Waals surface area contributed by atoms with E-state index in [0.29, 0.717) is 19.3 Å². The highest BCUT2D eigenvalue weighted by atomic mass is 16.5. The molecule has 0 aliphatic heterocycles. The fourth-order valence-corrected chi connectivity index (χ4v) is 5.43. The van der Waals surface area contributed by atoms with Gasteiger partial charge in [0, 0.05) is 12.0 Å². The second kappa shape index (κ2) is 10.9. The van der Waals surface area contributed by atoms with Gasteiger partial charge in [-0.1, -0.05) is 81.1 Å². The molecule has 4 rings (SSSR count). The minimum absolute atomic E-state index is 0.0597. The maximum atomic E-state index is 13.3. The Morgan fingerprint density at radius 3 is 2.20 bits per heavy atom. The van der Waals surface area contributed by atoms with Crippen molar-refractivity contribution in [2.45, 2.75) is 75.8 Å². The van der Waals surface area contributed by atoms with Crippen molar-refractivity contribution in [1.29, 1.82) is 0 Å². The van der Waals surface area contributed by atoms with Gasteiger partial charge in [0.15, 0.2) is 0 Å². The fourth-order valence-electron chi connectivity index (χ4n) is 5.43. The first-order valence-corrected chi connectivity index (χ1v) is 12.6. The zero-order valence-electron chi connectivity index (χ0n) is 20.2. The normalized spacial score (nSPS) is 16.7. The lowest BCUT2D eigenvalue weighted by Crippen LogP contribution is -2.59. The Balaban J connectivity index is 1.42. The lowest BCUT2D eigenvalue weighted by atomic mass is 9.95. The molecule has 0 saturated heterocycles. The highest BCUT2D eigenvalue weighted by Crippen LogP contribution is 2.44. The van der Waals surface area contributed by atoms with Crippen LogP contribution in [0.15, 0.2) is 48.5 Å². The lowest BCUT2D eigenvalue weighted by molar-refractivity contribution is -0.138. The SMILES string of the molecule is CCCC[C@H](CC(=O)O)NC(=O)C1(NC(=O)OCC2c3ccccc3-c3ccccc32)CCCC1. The molecule has 186 valence electrons. The molecule has 3 N–H and O–H groups in total. The van der Waals surface area contributed by atoms with E-state index in [0.717, 1.165) is 47.9 Å². The minimum Gasteiger partial charge on any atom is -0.481 e. The molecular weight excluding hydrogens is 444 g/mol. The number of hydrogen-bond acceptors (Lipinski definition) is 4. The third kappa shape index (κ3) is 5.50. The van der Waals surface area contributed by atoms with Crippen LogP contribution < -0.4 is 10.6 Å². The second-order valence-electron chi connectivity index (χ2n) is 9.65. The van der Waals surface area contributed by atoms with Crippen molar-refractivity contribution in [2.75, 3.05) is 6.61 Å². The third-order valence-electron chi connectivity index (χ3n) is 7.24. The molecule has 0 radical (unpaired) electrons. The third-order valence-corrected chi connectivity index (χ3v) is 7.24. The van der Waals surface area contributed by atoms with E-state index in [9.17, 15) is 19.5 Å². The molecule has 0 heterocycles. The smallest absolute Gasteiger partial charge is 0.408 e. The molecule has 0 spiro atoms. The average Bonchev–Trinajstić information content (AvgIpc) is 3.44. The van der Waals surface area contributed by atoms with Gasteiger partial charge in [-0.2, -0.15) is 0 Å². The summed E-state index contributed by atoms with van der Waals surface area (Å²) in [6.07, 6.45) is 4.23. The van der Waals surface area contributed by atoms with Gasteiger partial charge in [0.05, 0.1) is 6.42 Å². The van der Waals surface area contributed by atoms with Gasteiger partial charge in [0.1, 0.15) is 12.1 Å². The highest BCUT2D eigenvalue weighted by molar-refractivity contribution is 5.91. The molecule has 0 aromatic heterocycles. The molecule has 2 aromatic carbocycles. The number of nitrogens with one attached hydrogen (secondary N) is 2. The molecule has 1 saturated carbocycles. The molecule has 0 unspecified atom stereocenters. The molecule has 7 heteroatoms. The van der Waals surface area contributed by atoms with E-state index < -0.39 is 23.6 Å². The summed E-state index contributed by atoms with van der Waals surface area (Å²) in [4.78, 5) is 37.5. The summed E-state index contributed by atoms with van der Waals surface area (Å²) >= 11 is 0. The van der Waals surface area contributed by atoms with Crippen molar-refractivity contribution in [3.8, 4) is 11.1 Å². The van der Waals surface area contributed by atoms with E-state index in [1.165, 1.54) is 0 Å². The van der Waals surface area contributed by atoms with E-state index in [1.54, 1.807) is 0 Å². The van der Waals surface area contributed by atoms with Crippen LogP contribution in [0.2, 0.25) is 0 Å². The molecule has 7 nitrogen and oxygen atoms in total. The number of carboxylic acids is 1. The average molecular weight is 479 g/mol. The number of aliphatic carboxylic acids is 1. The van der Waals surface area contributed by atoms with Crippen LogP contribution in [0.4, 0.5) is 4.79 Å². The van der Waals surface area contributed by atoms with Crippen molar-refractivity contribution < 1.29 is 24.2 Å². The van der Waals surface area contributed by atoms with Gasteiger partial charge in [0.25, 0.3) is 0 Å². The Labute approximate surface area is 206 Å². The summed E-state index contributed by atoms with van der Waals surface area (Å²) in [6, 6.07) is 15.8. The number of carbonyl (C=O) groups is 3. The number of carbonyl (C=O) groups excluding carboxylic acids is 2. The second-order valence-corrected chi connectivity index (χ2v) is 9.65. The number of amides is 2. The maximum absolute atomic E-state index is 13.3. The first-order chi connectivity index (χ1) is 16.9. The van der Waals surface area contributed by atoms with Crippen LogP contribution in [0.5, 0.6) is 0 Å². The van der Waals surface area contributed by atoms with Gasteiger partial charge >= 0.3 is 12.1 Å². The van der Waals surface area contributed by atoms with E-state index in [2.05, 4.69) is 34.9 Å². The molecular formula is C28H34N2O5. The van der Waals surface area contributed by atoms with Crippen molar-refractivity contribution in [3.05, 3.63) is 59.7 Å². The van der Waals surface area contributed by atoms with Crippen LogP contribution in [0.25, 0.3) is 11.1 Å². The van der Waals surface area contributed by atoms with E-state index in [4.69, 9.17) is 4.74 Å². The quantitative estimate of drug-likeness (QED) is 0.446. The summed E-state index contributed by atoms with van der Waals surface area (Å²) in [6.45, 7) is 2.20. The Kier molecular flexibility index (Phi) is 7.73. The number of fused-ring (bicyclic) bond motifs is 3. The number of rotatable bonds is 10. The predicted octanol–water partition coefficient (Wildman–Crippen LogP) is 4.99. The summed E-state index contributed by atoms with van der Waals surface area (Å²) in [5.74, 6) is -1.32. The van der Waals surface area contributed by atoms with Crippen LogP contribution in [-0.2, 0) is 14.3 Å². The van der Waals surface area contributed by atoms with E-state index in [-0.39, 0.29) is 24.9 Å². The molecule has 2 aliphatic rings.